The second-order valence-corrected chi connectivity index (χ2v) is 8.04. The highest BCUT2D eigenvalue weighted by molar-refractivity contribution is 7.17. The van der Waals surface area contributed by atoms with E-state index in [1.807, 2.05) is 24.3 Å². The second-order valence-electron chi connectivity index (χ2n) is 6.60. The lowest BCUT2D eigenvalue weighted by Gasteiger charge is -2.15. The highest BCUT2D eigenvalue weighted by atomic mass is 35.5. The monoisotopic (exact) mass is 412 g/mol. The molecule has 0 aliphatic heterocycles. The van der Waals surface area contributed by atoms with Crippen molar-refractivity contribution in [1.82, 2.24) is 4.98 Å². The summed E-state index contributed by atoms with van der Waals surface area (Å²) in [4.78, 5) is 30.1. The number of amides is 1. The molecule has 2 aromatic carbocycles. The highest BCUT2D eigenvalue weighted by Gasteiger charge is 2.51. The average molecular weight is 413 g/mol. The van der Waals surface area contributed by atoms with Gasteiger partial charge >= 0.3 is 0 Å². The van der Waals surface area contributed by atoms with Crippen LogP contribution in [0.25, 0.3) is 0 Å². The number of benzene rings is 2. The van der Waals surface area contributed by atoms with Gasteiger partial charge in [-0.3, -0.25) is 9.59 Å². The summed E-state index contributed by atoms with van der Waals surface area (Å²) in [6, 6.07) is 14.4. The number of nitrogens with zero attached hydrogens (tertiary/aromatic N) is 1. The summed E-state index contributed by atoms with van der Waals surface area (Å²) in [5, 5.41) is 3.66. The Labute approximate surface area is 171 Å². The fourth-order valence-corrected chi connectivity index (χ4v) is 4.10. The number of carbonyl (C=O) groups is 2. The van der Waals surface area contributed by atoms with E-state index in [0.717, 1.165) is 35.5 Å². The Bertz CT molecular complexity index is 1040. The van der Waals surface area contributed by atoms with Crippen LogP contribution in [0.5, 0.6) is 5.75 Å². The normalized spacial score (nSPS) is 14.4. The van der Waals surface area contributed by atoms with Crippen molar-refractivity contribution in [3.05, 3.63) is 75.8 Å². The minimum absolute atomic E-state index is 0.108. The number of methoxy groups -OCH3 is 1. The first-order chi connectivity index (χ1) is 13.5. The number of aromatic nitrogens is 1. The standard InChI is InChI=1S/C21H17ClN2O3S/c1-27-14-8-6-13(7-9-14)21(10-11-21)19(26)24-20-23-12-17(28-20)18(25)15-4-2-3-5-16(15)22/h2-9,12H,10-11H2,1H3,(H,23,24,26). The fraction of sp³-hybridized carbons (Fsp3) is 0.190. The van der Waals surface area contributed by atoms with Crippen LogP contribution in [0.15, 0.2) is 54.7 Å². The Kier molecular flexibility index (Phi) is 4.91. The molecule has 1 aliphatic rings. The lowest BCUT2D eigenvalue weighted by molar-refractivity contribution is -0.118. The number of anilines is 1. The highest BCUT2D eigenvalue weighted by Crippen LogP contribution is 2.49. The van der Waals surface area contributed by atoms with Crippen LogP contribution in [-0.4, -0.2) is 23.8 Å². The Morgan fingerprint density at radius 3 is 2.50 bits per heavy atom. The maximum Gasteiger partial charge on any atom is 0.236 e. The van der Waals surface area contributed by atoms with Crippen molar-refractivity contribution in [1.29, 1.82) is 0 Å². The lowest BCUT2D eigenvalue weighted by Crippen LogP contribution is -2.27. The van der Waals surface area contributed by atoms with E-state index in [-0.39, 0.29) is 11.7 Å². The molecule has 1 heterocycles. The van der Waals surface area contributed by atoms with Gasteiger partial charge < -0.3 is 10.1 Å². The average Bonchev–Trinajstić information content (AvgIpc) is 3.41. The molecular formula is C21H17ClN2O3S. The van der Waals surface area contributed by atoms with Crippen molar-refractivity contribution in [2.24, 2.45) is 0 Å². The van der Waals surface area contributed by atoms with Gasteiger partial charge in [-0.15, -0.1) is 0 Å². The number of nitrogens with one attached hydrogen (secondary N) is 1. The van der Waals surface area contributed by atoms with Crippen LogP contribution in [-0.2, 0) is 10.2 Å². The molecule has 28 heavy (non-hydrogen) atoms. The number of thiazole rings is 1. The van der Waals surface area contributed by atoms with E-state index in [0.29, 0.717) is 20.6 Å². The van der Waals surface area contributed by atoms with Crippen LogP contribution < -0.4 is 10.1 Å². The minimum Gasteiger partial charge on any atom is -0.497 e. The zero-order valence-electron chi connectivity index (χ0n) is 15.1. The molecule has 0 unspecified atom stereocenters. The topological polar surface area (TPSA) is 68.3 Å². The molecule has 1 fully saturated rings. The molecule has 7 heteroatoms. The Morgan fingerprint density at radius 2 is 1.86 bits per heavy atom. The van der Waals surface area contributed by atoms with Crippen LogP contribution in [0.2, 0.25) is 5.02 Å². The Balaban J connectivity index is 1.50. The number of rotatable bonds is 6. The molecule has 5 nitrogen and oxygen atoms in total. The third-order valence-corrected chi connectivity index (χ3v) is 6.14. The summed E-state index contributed by atoms with van der Waals surface area (Å²) in [7, 11) is 1.61. The van der Waals surface area contributed by atoms with Crippen LogP contribution in [0.3, 0.4) is 0 Å². The van der Waals surface area contributed by atoms with E-state index < -0.39 is 5.41 Å². The predicted molar refractivity (Wildman–Crippen MR) is 110 cm³/mol. The van der Waals surface area contributed by atoms with Crippen molar-refractivity contribution in [3.8, 4) is 5.75 Å². The molecule has 142 valence electrons. The first-order valence-corrected chi connectivity index (χ1v) is 9.94. The van der Waals surface area contributed by atoms with Crippen molar-refractivity contribution < 1.29 is 14.3 Å². The van der Waals surface area contributed by atoms with E-state index in [1.54, 1.807) is 31.4 Å². The number of ketones is 1. The van der Waals surface area contributed by atoms with Gasteiger partial charge in [-0.25, -0.2) is 4.98 Å². The van der Waals surface area contributed by atoms with Gasteiger partial charge in [0.25, 0.3) is 0 Å². The van der Waals surface area contributed by atoms with Gasteiger partial charge in [0.15, 0.2) is 5.13 Å². The van der Waals surface area contributed by atoms with E-state index in [4.69, 9.17) is 16.3 Å². The Hall–Kier alpha value is -2.70. The quantitative estimate of drug-likeness (QED) is 0.595. The number of hydrogen-bond acceptors (Lipinski definition) is 5. The van der Waals surface area contributed by atoms with E-state index in [9.17, 15) is 9.59 Å². The molecular weight excluding hydrogens is 396 g/mol. The summed E-state index contributed by atoms with van der Waals surface area (Å²) in [5.74, 6) is 0.436. The first kappa shape index (κ1) is 18.7. The molecule has 1 aliphatic carbocycles. The van der Waals surface area contributed by atoms with Gasteiger partial charge in [0.05, 0.1) is 28.6 Å². The summed E-state index contributed by atoms with van der Waals surface area (Å²) in [5.41, 5.74) is 0.836. The molecule has 0 atom stereocenters. The van der Waals surface area contributed by atoms with Crippen LogP contribution in [0, 0.1) is 0 Å². The fourth-order valence-electron chi connectivity index (χ4n) is 3.11. The molecule has 0 spiro atoms. The maximum atomic E-state index is 12.9. The van der Waals surface area contributed by atoms with Gasteiger partial charge in [-0.05, 0) is 42.7 Å². The van der Waals surface area contributed by atoms with Crippen LogP contribution in [0.4, 0.5) is 5.13 Å². The van der Waals surface area contributed by atoms with Crippen molar-refractivity contribution in [2.75, 3.05) is 12.4 Å². The molecule has 4 rings (SSSR count). The van der Waals surface area contributed by atoms with E-state index in [2.05, 4.69) is 10.3 Å². The molecule has 3 aromatic rings. The number of halogens is 1. The van der Waals surface area contributed by atoms with Crippen molar-refractivity contribution in [2.45, 2.75) is 18.3 Å². The number of hydrogen-bond donors (Lipinski definition) is 1. The maximum absolute atomic E-state index is 12.9. The summed E-state index contributed by atoms with van der Waals surface area (Å²) in [6.45, 7) is 0. The Morgan fingerprint density at radius 1 is 1.14 bits per heavy atom. The molecule has 0 bridgehead atoms. The minimum atomic E-state index is -0.537. The van der Waals surface area contributed by atoms with E-state index >= 15 is 0 Å². The summed E-state index contributed by atoms with van der Waals surface area (Å²) in [6.07, 6.45) is 3.03. The van der Waals surface area contributed by atoms with Gasteiger partial charge in [0.2, 0.25) is 11.7 Å². The second kappa shape index (κ2) is 7.37. The van der Waals surface area contributed by atoms with Crippen LogP contribution >= 0.6 is 22.9 Å². The van der Waals surface area contributed by atoms with Gasteiger partial charge in [0, 0.05) is 5.56 Å². The zero-order chi connectivity index (χ0) is 19.7. The largest absolute Gasteiger partial charge is 0.497 e. The van der Waals surface area contributed by atoms with Gasteiger partial charge in [0.1, 0.15) is 5.75 Å². The molecule has 1 aromatic heterocycles. The molecule has 1 N–H and O–H groups in total. The molecule has 1 amide bonds. The number of carbonyl (C=O) groups excluding carboxylic acids is 2. The zero-order valence-corrected chi connectivity index (χ0v) is 16.6. The third kappa shape index (κ3) is 3.41. The first-order valence-electron chi connectivity index (χ1n) is 8.74. The van der Waals surface area contributed by atoms with Gasteiger partial charge in [-0.2, -0.15) is 0 Å². The third-order valence-electron chi connectivity index (χ3n) is 4.90. The lowest BCUT2D eigenvalue weighted by atomic mass is 9.95. The SMILES string of the molecule is COc1ccc(C2(C(=O)Nc3ncc(C(=O)c4ccccc4Cl)s3)CC2)cc1. The number of ether oxygens (including phenoxy) is 1. The predicted octanol–water partition coefficient (Wildman–Crippen LogP) is 4.71. The molecule has 0 saturated heterocycles. The van der Waals surface area contributed by atoms with Crippen LogP contribution in [0.1, 0.15) is 33.6 Å². The summed E-state index contributed by atoms with van der Waals surface area (Å²) >= 11 is 7.25. The van der Waals surface area contributed by atoms with Crippen molar-refractivity contribution >= 4 is 39.8 Å². The molecule has 1 saturated carbocycles. The van der Waals surface area contributed by atoms with Gasteiger partial charge in [-0.1, -0.05) is 47.2 Å². The molecule has 0 radical (unpaired) electrons. The van der Waals surface area contributed by atoms with E-state index in [1.165, 1.54) is 6.20 Å². The van der Waals surface area contributed by atoms with Crippen molar-refractivity contribution in [3.63, 3.8) is 0 Å². The summed E-state index contributed by atoms with van der Waals surface area (Å²) < 4.78 is 5.18. The smallest absolute Gasteiger partial charge is 0.236 e.